The summed E-state index contributed by atoms with van der Waals surface area (Å²) >= 11 is 0. The smallest absolute Gasteiger partial charge is 0.310 e. The fraction of sp³-hybridized carbons (Fsp3) is 0.871. The van der Waals surface area contributed by atoms with Crippen molar-refractivity contribution in [1.82, 2.24) is 0 Å². The lowest BCUT2D eigenvalue weighted by molar-refractivity contribution is -0.310. The van der Waals surface area contributed by atoms with Gasteiger partial charge in [0, 0.05) is 33.5 Å². The van der Waals surface area contributed by atoms with E-state index in [1.165, 1.54) is 6.92 Å². The number of methoxy groups -OCH3 is 2. The van der Waals surface area contributed by atoms with E-state index in [-0.39, 0.29) is 50.1 Å². The van der Waals surface area contributed by atoms with Crippen LogP contribution in [0.3, 0.4) is 0 Å². The van der Waals surface area contributed by atoms with E-state index in [0.29, 0.717) is 19.3 Å². The third-order valence-corrected chi connectivity index (χ3v) is 12.3. The number of ether oxygens (including phenoxy) is 5. The lowest BCUT2D eigenvalue weighted by atomic mass is 9.41. The molecule has 12 unspecified atom stereocenters. The molecule has 0 radical (unpaired) electrons. The van der Waals surface area contributed by atoms with Crippen LogP contribution in [0.5, 0.6) is 0 Å². The van der Waals surface area contributed by atoms with Crippen molar-refractivity contribution in [3.05, 3.63) is 11.6 Å². The maximum atomic E-state index is 12.6. The van der Waals surface area contributed by atoms with Gasteiger partial charge in [0.15, 0.2) is 6.29 Å². The molecule has 3 N–H and O–H groups in total. The second-order valence-corrected chi connectivity index (χ2v) is 13.8. The summed E-state index contributed by atoms with van der Waals surface area (Å²) in [6.45, 7) is 8.69. The highest BCUT2D eigenvalue weighted by atomic mass is 16.7. The summed E-state index contributed by atoms with van der Waals surface area (Å²) in [5, 5.41) is 35.3. The molecule has 12 atom stereocenters. The SMILES string of the molecule is COC1CC(OC2CCC3(C)C(=CCC4(O)C3CC(OC(C)=O)C3(C)C(C)(C(=O)O)CCC43O)C2)OC(C)C1OC. The molecule has 1 saturated heterocycles. The Hall–Kier alpha value is -1.56. The Labute approximate surface area is 242 Å². The molecule has 3 saturated carbocycles. The first-order valence-corrected chi connectivity index (χ1v) is 15.0. The van der Waals surface area contributed by atoms with E-state index in [1.54, 1.807) is 28.1 Å². The number of hydrogen-bond acceptors (Lipinski definition) is 9. The average molecular weight is 581 g/mol. The number of esters is 1. The molecule has 10 heteroatoms. The van der Waals surface area contributed by atoms with Gasteiger partial charge in [0.25, 0.3) is 0 Å². The number of carbonyl (C=O) groups excluding carboxylic acids is 1. The minimum atomic E-state index is -1.76. The summed E-state index contributed by atoms with van der Waals surface area (Å²) < 4.78 is 29.7. The lowest BCUT2D eigenvalue weighted by Crippen LogP contribution is -2.77. The second-order valence-electron chi connectivity index (χ2n) is 13.8. The summed E-state index contributed by atoms with van der Waals surface area (Å²) in [6.07, 6.45) is 3.59. The Morgan fingerprint density at radius 2 is 1.76 bits per heavy atom. The minimum Gasteiger partial charge on any atom is -0.481 e. The molecule has 0 aromatic carbocycles. The van der Waals surface area contributed by atoms with Gasteiger partial charge in [-0.05, 0) is 64.2 Å². The zero-order valence-electron chi connectivity index (χ0n) is 25.5. The number of aliphatic hydroxyl groups is 2. The van der Waals surface area contributed by atoms with Gasteiger partial charge in [0.2, 0.25) is 0 Å². The van der Waals surface area contributed by atoms with E-state index < -0.39 is 57.7 Å². The molecular weight excluding hydrogens is 532 g/mol. The van der Waals surface area contributed by atoms with E-state index >= 15 is 0 Å². The molecule has 0 amide bonds. The molecule has 0 aromatic rings. The zero-order chi connectivity index (χ0) is 30.2. The maximum Gasteiger partial charge on any atom is 0.310 e. The van der Waals surface area contributed by atoms with Gasteiger partial charge >= 0.3 is 11.9 Å². The minimum absolute atomic E-state index is 0.0858. The molecule has 0 spiro atoms. The van der Waals surface area contributed by atoms with Crippen molar-refractivity contribution < 1.29 is 48.6 Å². The van der Waals surface area contributed by atoms with Crippen LogP contribution >= 0.6 is 0 Å². The van der Waals surface area contributed by atoms with Crippen molar-refractivity contribution in [2.24, 2.45) is 22.2 Å². The van der Waals surface area contributed by atoms with Crippen LogP contribution in [0.15, 0.2) is 11.6 Å². The van der Waals surface area contributed by atoms with Crippen molar-refractivity contribution in [3.8, 4) is 0 Å². The van der Waals surface area contributed by atoms with E-state index in [9.17, 15) is 24.9 Å². The van der Waals surface area contributed by atoms with Gasteiger partial charge < -0.3 is 39.0 Å². The zero-order valence-corrected chi connectivity index (χ0v) is 25.5. The van der Waals surface area contributed by atoms with E-state index in [0.717, 1.165) is 12.0 Å². The van der Waals surface area contributed by atoms with Crippen molar-refractivity contribution >= 4 is 11.9 Å². The first kappa shape index (κ1) is 30.9. The van der Waals surface area contributed by atoms with Crippen LogP contribution < -0.4 is 0 Å². The van der Waals surface area contributed by atoms with Crippen LogP contribution in [0, 0.1) is 22.2 Å². The molecule has 0 aromatic heterocycles. The number of fused-ring (bicyclic) bond motifs is 5. The molecule has 5 rings (SSSR count). The number of carboxylic acid groups (broad SMARTS) is 1. The van der Waals surface area contributed by atoms with Gasteiger partial charge in [-0.2, -0.15) is 0 Å². The van der Waals surface area contributed by atoms with Crippen LogP contribution in [0.4, 0.5) is 0 Å². The van der Waals surface area contributed by atoms with Crippen LogP contribution in [0.1, 0.15) is 86.0 Å². The summed E-state index contributed by atoms with van der Waals surface area (Å²) in [5.41, 5.74) is -5.41. The highest BCUT2D eigenvalue weighted by Crippen LogP contribution is 2.73. The first-order valence-electron chi connectivity index (χ1n) is 15.0. The highest BCUT2D eigenvalue weighted by Gasteiger charge is 2.80. The first-order chi connectivity index (χ1) is 19.1. The van der Waals surface area contributed by atoms with Gasteiger partial charge in [-0.1, -0.05) is 25.5 Å². The third-order valence-electron chi connectivity index (χ3n) is 12.3. The van der Waals surface area contributed by atoms with Crippen LogP contribution in [0.25, 0.3) is 0 Å². The second kappa shape index (κ2) is 10.3. The van der Waals surface area contributed by atoms with Crippen LogP contribution in [0.2, 0.25) is 0 Å². The highest BCUT2D eigenvalue weighted by molar-refractivity contribution is 5.77. The Balaban J connectivity index is 1.43. The van der Waals surface area contributed by atoms with Crippen molar-refractivity contribution in [2.75, 3.05) is 14.2 Å². The maximum absolute atomic E-state index is 12.6. The van der Waals surface area contributed by atoms with Crippen molar-refractivity contribution in [3.63, 3.8) is 0 Å². The molecule has 1 heterocycles. The van der Waals surface area contributed by atoms with E-state index in [4.69, 9.17) is 23.7 Å². The fourth-order valence-corrected chi connectivity index (χ4v) is 9.61. The van der Waals surface area contributed by atoms with Crippen molar-refractivity contribution in [2.45, 2.75) is 134 Å². The predicted molar refractivity (Wildman–Crippen MR) is 147 cm³/mol. The fourth-order valence-electron chi connectivity index (χ4n) is 9.61. The number of rotatable bonds is 6. The monoisotopic (exact) mass is 580 g/mol. The van der Waals surface area contributed by atoms with Gasteiger partial charge in [-0.15, -0.1) is 0 Å². The molecule has 1 aliphatic heterocycles. The molecule has 5 aliphatic rings. The van der Waals surface area contributed by atoms with E-state index in [2.05, 4.69) is 6.92 Å². The number of carboxylic acids is 1. The Morgan fingerprint density at radius 1 is 1.05 bits per heavy atom. The molecule has 4 fully saturated rings. The third kappa shape index (κ3) is 4.18. The topological polar surface area (TPSA) is 141 Å². The average Bonchev–Trinajstić information content (AvgIpc) is 3.14. The summed E-state index contributed by atoms with van der Waals surface area (Å²) in [5.74, 6) is -2.01. The van der Waals surface area contributed by atoms with Crippen LogP contribution in [-0.2, 0) is 33.3 Å². The summed E-state index contributed by atoms with van der Waals surface area (Å²) in [4.78, 5) is 24.9. The Bertz CT molecular complexity index is 1090. The van der Waals surface area contributed by atoms with Crippen molar-refractivity contribution in [1.29, 1.82) is 0 Å². The molecule has 4 aliphatic carbocycles. The Kier molecular flexibility index (Phi) is 7.73. The summed E-state index contributed by atoms with van der Waals surface area (Å²) in [6, 6.07) is 0. The molecule has 41 heavy (non-hydrogen) atoms. The molecular formula is C31H48O10. The van der Waals surface area contributed by atoms with Gasteiger partial charge in [0.1, 0.15) is 23.4 Å². The quantitative estimate of drug-likeness (QED) is 0.316. The largest absolute Gasteiger partial charge is 0.481 e. The van der Waals surface area contributed by atoms with E-state index in [1.807, 2.05) is 13.0 Å². The lowest BCUT2D eigenvalue weighted by Gasteiger charge is -2.67. The number of hydrogen-bond donors (Lipinski definition) is 3. The van der Waals surface area contributed by atoms with Crippen LogP contribution in [-0.4, -0.2) is 89.5 Å². The normalized spacial score (nSPS) is 51.1. The Morgan fingerprint density at radius 3 is 2.37 bits per heavy atom. The molecule has 0 bridgehead atoms. The van der Waals surface area contributed by atoms with Gasteiger partial charge in [-0.25, -0.2) is 0 Å². The predicted octanol–water partition coefficient (Wildman–Crippen LogP) is 3.36. The molecule has 232 valence electrons. The van der Waals surface area contributed by atoms with Gasteiger partial charge in [0.05, 0.1) is 29.1 Å². The number of carbonyl (C=O) groups is 2. The van der Waals surface area contributed by atoms with Gasteiger partial charge in [-0.3, -0.25) is 9.59 Å². The molecule has 10 nitrogen and oxygen atoms in total. The standard InChI is InChI=1S/C31H48O10/c1-17-25(38-7)21(37-6)15-24(39-17)41-20-9-10-27(3)19(14-20)8-11-30(35)22(27)16-23(40-18(2)32)29(5)28(4,26(33)34)12-13-31(29,30)36/h8,17,20-25,35-36H,9-16H2,1-7H3,(H,33,34). The summed E-state index contributed by atoms with van der Waals surface area (Å²) in [7, 11) is 3.32. The number of aliphatic carboxylic acids is 1.